The maximum absolute atomic E-state index is 13.2. The molecule has 0 saturated carbocycles. The maximum Gasteiger partial charge on any atom is 0.126 e. The number of ether oxygens (including phenoxy) is 2. The van der Waals surface area contributed by atoms with Crippen molar-refractivity contribution in [1.82, 2.24) is 0 Å². The Morgan fingerprint density at radius 2 is 1.11 bits per heavy atom. The van der Waals surface area contributed by atoms with Crippen LogP contribution in [-0.4, -0.2) is 14.2 Å². The Kier molecular flexibility index (Phi) is 3.46. The minimum Gasteiger partial charge on any atom is -0.497 e. The van der Waals surface area contributed by atoms with Crippen LogP contribution in [0.15, 0.2) is 36.4 Å². The Bertz CT molecular complexity index is 525. The Labute approximate surface area is 104 Å². The quantitative estimate of drug-likeness (QED) is 0.827. The zero-order valence-electron chi connectivity index (χ0n) is 10.0. The lowest BCUT2D eigenvalue weighted by molar-refractivity contribution is 0.394. The van der Waals surface area contributed by atoms with Crippen LogP contribution in [0.4, 0.5) is 8.78 Å². The van der Waals surface area contributed by atoms with Gasteiger partial charge in [-0.2, -0.15) is 0 Å². The van der Waals surface area contributed by atoms with Gasteiger partial charge in [0.1, 0.15) is 23.1 Å². The first-order valence-corrected chi connectivity index (χ1v) is 5.32. The fourth-order valence-corrected chi connectivity index (χ4v) is 1.69. The Morgan fingerprint density at radius 1 is 0.667 bits per heavy atom. The molecule has 0 amide bonds. The normalized spacial score (nSPS) is 10.2. The first-order valence-electron chi connectivity index (χ1n) is 5.32. The third kappa shape index (κ3) is 2.59. The highest BCUT2D eigenvalue weighted by atomic mass is 19.1. The number of hydrogen-bond acceptors (Lipinski definition) is 2. The number of rotatable bonds is 3. The van der Waals surface area contributed by atoms with Crippen molar-refractivity contribution in [3.8, 4) is 22.6 Å². The van der Waals surface area contributed by atoms with Crippen molar-refractivity contribution in [2.75, 3.05) is 14.2 Å². The molecule has 2 rings (SSSR count). The van der Waals surface area contributed by atoms with Crippen molar-refractivity contribution in [3.63, 3.8) is 0 Å². The van der Waals surface area contributed by atoms with Gasteiger partial charge in [0.15, 0.2) is 0 Å². The molecule has 0 bridgehead atoms. The highest BCUT2D eigenvalue weighted by Crippen LogP contribution is 2.30. The lowest BCUT2D eigenvalue weighted by Gasteiger charge is -2.09. The van der Waals surface area contributed by atoms with E-state index in [2.05, 4.69) is 0 Å². The monoisotopic (exact) mass is 250 g/mol. The van der Waals surface area contributed by atoms with Gasteiger partial charge in [0.05, 0.1) is 14.2 Å². The third-order valence-electron chi connectivity index (χ3n) is 2.55. The molecule has 0 heterocycles. The van der Waals surface area contributed by atoms with Crippen LogP contribution in [0, 0.1) is 11.6 Å². The van der Waals surface area contributed by atoms with Crippen LogP contribution in [-0.2, 0) is 0 Å². The molecule has 0 aliphatic heterocycles. The number of benzene rings is 2. The molecule has 94 valence electrons. The van der Waals surface area contributed by atoms with Gasteiger partial charge < -0.3 is 9.47 Å². The molecule has 0 N–H and O–H groups in total. The van der Waals surface area contributed by atoms with E-state index in [1.54, 1.807) is 18.2 Å². The number of methoxy groups -OCH3 is 2. The SMILES string of the molecule is COc1cc(OC)cc(-c2cc(F)cc(F)c2)c1. The van der Waals surface area contributed by atoms with E-state index in [0.717, 1.165) is 6.07 Å². The second-order valence-electron chi connectivity index (χ2n) is 3.76. The van der Waals surface area contributed by atoms with E-state index in [9.17, 15) is 8.78 Å². The van der Waals surface area contributed by atoms with Crippen molar-refractivity contribution >= 4 is 0 Å². The summed E-state index contributed by atoms with van der Waals surface area (Å²) in [6, 6.07) is 8.43. The molecule has 0 aliphatic carbocycles. The molecule has 4 heteroatoms. The van der Waals surface area contributed by atoms with Gasteiger partial charge in [0.2, 0.25) is 0 Å². The van der Waals surface area contributed by atoms with Gasteiger partial charge in [-0.3, -0.25) is 0 Å². The van der Waals surface area contributed by atoms with E-state index in [-0.39, 0.29) is 0 Å². The molecule has 18 heavy (non-hydrogen) atoms. The van der Waals surface area contributed by atoms with Crippen LogP contribution in [0.5, 0.6) is 11.5 Å². The molecule has 0 aliphatic rings. The molecule has 2 aromatic carbocycles. The van der Waals surface area contributed by atoms with Crippen LogP contribution in [0.1, 0.15) is 0 Å². The average Bonchev–Trinajstić information content (AvgIpc) is 2.37. The molecule has 2 nitrogen and oxygen atoms in total. The first-order chi connectivity index (χ1) is 8.62. The van der Waals surface area contributed by atoms with Crippen molar-refractivity contribution in [2.24, 2.45) is 0 Å². The molecule has 0 unspecified atom stereocenters. The lowest BCUT2D eigenvalue weighted by Crippen LogP contribution is -1.90. The highest BCUT2D eigenvalue weighted by molar-refractivity contribution is 5.67. The summed E-state index contributed by atoms with van der Waals surface area (Å²) < 4.78 is 36.6. The average molecular weight is 250 g/mol. The van der Waals surface area contributed by atoms with Gasteiger partial charge in [-0.1, -0.05) is 0 Å². The summed E-state index contributed by atoms with van der Waals surface area (Å²) in [5.41, 5.74) is 1.06. The summed E-state index contributed by atoms with van der Waals surface area (Å²) in [5.74, 6) is -0.110. The van der Waals surface area contributed by atoms with Crippen LogP contribution < -0.4 is 9.47 Å². The van der Waals surface area contributed by atoms with Gasteiger partial charge in [-0.15, -0.1) is 0 Å². The van der Waals surface area contributed by atoms with Crippen molar-refractivity contribution in [3.05, 3.63) is 48.0 Å². The second kappa shape index (κ2) is 5.04. The largest absolute Gasteiger partial charge is 0.497 e. The van der Waals surface area contributed by atoms with Gasteiger partial charge in [0, 0.05) is 12.1 Å². The first kappa shape index (κ1) is 12.4. The van der Waals surface area contributed by atoms with Crippen molar-refractivity contribution in [2.45, 2.75) is 0 Å². The van der Waals surface area contributed by atoms with E-state index in [4.69, 9.17) is 9.47 Å². The van der Waals surface area contributed by atoms with Crippen LogP contribution in [0.2, 0.25) is 0 Å². The predicted octanol–water partition coefficient (Wildman–Crippen LogP) is 3.65. The minimum absolute atomic E-state index is 0.435. The van der Waals surface area contributed by atoms with Crippen molar-refractivity contribution in [1.29, 1.82) is 0 Å². The summed E-state index contributed by atoms with van der Waals surface area (Å²) in [5, 5.41) is 0. The third-order valence-corrected chi connectivity index (χ3v) is 2.55. The van der Waals surface area contributed by atoms with Gasteiger partial charge in [-0.05, 0) is 35.4 Å². The van der Waals surface area contributed by atoms with Crippen molar-refractivity contribution < 1.29 is 18.3 Å². The van der Waals surface area contributed by atoms with Crippen LogP contribution >= 0.6 is 0 Å². The molecule has 0 radical (unpaired) electrons. The minimum atomic E-state index is -0.619. The lowest BCUT2D eigenvalue weighted by atomic mass is 10.0. The van der Waals surface area contributed by atoms with Crippen LogP contribution in [0.3, 0.4) is 0 Å². The van der Waals surface area contributed by atoms with Gasteiger partial charge in [0.25, 0.3) is 0 Å². The molecule has 0 atom stereocenters. The van der Waals surface area contributed by atoms with E-state index in [1.807, 2.05) is 0 Å². The smallest absolute Gasteiger partial charge is 0.126 e. The fourth-order valence-electron chi connectivity index (χ4n) is 1.69. The summed E-state index contributed by atoms with van der Waals surface area (Å²) in [6.07, 6.45) is 0. The van der Waals surface area contributed by atoms with E-state index in [0.29, 0.717) is 22.6 Å². The second-order valence-corrected chi connectivity index (χ2v) is 3.76. The summed E-state index contributed by atoms with van der Waals surface area (Å²) in [6.45, 7) is 0. The topological polar surface area (TPSA) is 18.5 Å². The van der Waals surface area contributed by atoms with E-state index < -0.39 is 11.6 Å². The van der Waals surface area contributed by atoms with Gasteiger partial charge >= 0.3 is 0 Å². The van der Waals surface area contributed by atoms with Crippen LogP contribution in [0.25, 0.3) is 11.1 Å². The molecular weight excluding hydrogens is 238 g/mol. The molecule has 0 spiro atoms. The predicted molar refractivity (Wildman–Crippen MR) is 64.9 cm³/mol. The molecule has 0 fully saturated rings. The summed E-state index contributed by atoms with van der Waals surface area (Å²) in [7, 11) is 3.04. The maximum atomic E-state index is 13.2. The molecular formula is C14H12F2O2. The Hall–Kier alpha value is -2.10. The standard InChI is InChI=1S/C14H12F2O2/c1-17-13-5-10(6-14(8-13)18-2)9-3-11(15)7-12(16)4-9/h3-8H,1-2H3. The Balaban J connectivity index is 2.55. The number of halogens is 2. The molecule has 2 aromatic rings. The van der Waals surface area contributed by atoms with E-state index >= 15 is 0 Å². The van der Waals surface area contributed by atoms with Gasteiger partial charge in [-0.25, -0.2) is 8.78 Å². The molecule has 0 saturated heterocycles. The zero-order valence-corrected chi connectivity index (χ0v) is 10.0. The fraction of sp³-hybridized carbons (Fsp3) is 0.143. The zero-order chi connectivity index (χ0) is 13.1. The molecule has 0 aromatic heterocycles. The highest BCUT2D eigenvalue weighted by Gasteiger charge is 2.07. The van der Waals surface area contributed by atoms with E-state index in [1.165, 1.54) is 26.4 Å². The Morgan fingerprint density at radius 3 is 1.56 bits per heavy atom. The summed E-state index contributed by atoms with van der Waals surface area (Å²) >= 11 is 0. The summed E-state index contributed by atoms with van der Waals surface area (Å²) in [4.78, 5) is 0. The number of hydrogen-bond donors (Lipinski definition) is 0.